The highest BCUT2D eigenvalue weighted by Gasteiger charge is 2.05. The number of hydrogen-bond donors (Lipinski definition) is 2. The van der Waals surface area contributed by atoms with Crippen LogP contribution in [0.15, 0.2) is 12.4 Å². The van der Waals surface area contributed by atoms with Crippen molar-refractivity contribution in [3.05, 3.63) is 17.3 Å². The van der Waals surface area contributed by atoms with E-state index in [9.17, 15) is 0 Å². The van der Waals surface area contributed by atoms with Crippen LogP contribution < -0.4 is 11.1 Å². The van der Waals surface area contributed by atoms with Gasteiger partial charge in [0.1, 0.15) is 17.0 Å². The van der Waals surface area contributed by atoms with E-state index in [1.165, 1.54) is 4.88 Å². The number of rotatable bonds is 4. The zero-order chi connectivity index (χ0) is 10.7. The van der Waals surface area contributed by atoms with Crippen molar-refractivity contribution in [2.24, 2.45) is 5.73 Å². The van der Waals surface area contributed by atoms with Crippen LogP contribution in [0.4, 0.5) is 5.82 Å². The summed E-state index contributed by atoms with van der Waals surface area (Å²) in [6, 6.07) is 2.12. The van der Waals surface area contributed by atoms with Crippen LogP contribution in [0.1, 0.15) is 11.3 Å². The molecular formula is C10H14N4S. The summed E-state index contributed by atoms with van der Waals surface area (Å²) in [4.78, 5) is 10.8. The molecule has 2 aromatic rings. The Balaban J connectivity index is 2.25. The van der Waals surface area contributed by atoms with Crippen LogP contribution >= 0.6 is 11.3 Å². The van der Waals surface area contributed by atoms with Crippen LogP contribution in [0, 0.1) is 6.92 Å². The number of nitrogens with one attached hydrogen (secondary N) is 1. The monoisotopic (exact) mass is 222 g/mol. The fourth-order valence-corrected chi connectivity index (χ4v) is 2.27. The van der Waals surface area contributed by atoms with Gasteiger partial charge in [-0.15, -0.1) is 11.3 Å². The van der Waals surface area contributed by atoms with E-state index < -0.39 is 0 Å². The number of fused-ring (bicyclic) bond motifs is 1. The average molecular weight is 222 g/mol. The smallest absolute Gasteiger partial charge is 0.138 e. The Morgan fingerprint density at radius 3 is 3.13 bits per heavy atom. The fourth-order valence-electron chi connectivity index (χ4n) is 1.43. The highest BCUT2D eigenvalue weighted by Crippen LogP contribution is 2.27. The first kappa shape index (κ1) is 10.3. The highest BCUT2D eigenvalue weighted by molar-refractivity contribution is 7.18. The Labute approximate surface area is 92.5 Å². The zero-order valence-corrected chi connectivity index (χ0v) is 9.47. The predicted molar refractivity (Wildman–Crippen MR) is 64.3 cm³/mol. The Morgan fingerprint density at radius 1 is 1.47 bits per heavy atom. The molecule has 0 aliphatic heterocycles. The molecule has 0 aliphatic carbocycles. The molecule has 0 fully saturated rings. The van der Waals surface area contributed by atoms with Crippen molar-refractivity contribution < 1.29 is 0 Å². The molecule has 0 unspecified atom stereocenters. The van der Waals surface area contributed by atoms with Gasteiger partial charge < -0.3 is 11.1 Å². The quantitative estimate of drug-likeness (QED) is 0.774. The topological polar surface area (TPSA) is 63.8 Å². The summed E-state index contributed by atoms with van der Waals surface area (Å²) in [5, 5.41) is 4.39. The lowest BCUT2D eigenvalue weighted by atomic mass is 10.3. The molecule has 4 nitrogen and oxygen atoms in total. The highest BCUT2D eigenvalue weighted by atomic mass is 32.1. The molecule has 5 heteroatoms. The maximum atomic E-state index is 5.44. The Kier molecular flexibility index (Phi) is 3.13. The largest absolute Gasteiger partial charge is 0.369 e. The van der Waals surface area contributed by atoms with Gasteiger partial charge in [-0.05, 0) is 26.0 Å². The van der Waals surface area contributed by atoms with Crippen LogP contribution in [0.2, 0.25) is 0 Å². The molecule has 0 atom stereocenters. The number of anilines is 1. The van der Waals surface area contributed by atoms with Crippen molar-refractivity contribution in [1.29, 1.82) is 0 Å². The summed E-state index contributed by atoms with van der Waals surface area (Å²) in [5.74, 6) is 0.915. The molecule has 0 aliphatic rings. The van der Waals surface area contributed by atoms with Crippen LogP contribution in [-0.2, 0) is 0 Å². The zero-order valence-electron chi connectivity index (χ0n) is 8.66. The second-order valence-electron chi connectivity index (χ2n) is 3.37. The first-order valence-electron chi connectivity index (χ1n) is 4.96. The van der Waals surface area contributed by atoms with Crippen molar-refractivity contribution in [2.75, 3.05) is 18.4 Å². The number of aryl methyl sites for hydroxylation is 1. The molecule has 2 heterocycles. The number of thiophene rings is 1. The molecule has 3 N–H and O–H groups in total. The van der Waals surface area contributed by atoms with E-state index in [0.717, 1.165) is 29.0 Å². The van der Waals surface area contributed by atoms with Gasteiger partial charge in [0.15, 0.2) is 0 Å². The van der Waals surface area contributed by atoms with E-state index in [1.54, 1.807) is 17.7 Å². The maximum Gasteiger partial charge on any atom is 0.138 e. The van der Waals surface area contributed by atoms with E-state index in [0.29, 0.717) is 6.54 Å². The molecule has 0 aromatic carbocycles. The molecule has 15 heavy (non-hydrogen) atoms. The number of nitrogens with two attached hydrogens (primary N) is 1. The van der Waals surface area contributed by atoms with E-state index >= 15 is 0 Å². The lowest BCUT2D eigenvalue weighted by Gasteiger charge is -2.04. The second kappa shape index (κ2) is 4.55. The summed E-state index contributed by atoms with van der Waals surface area (Å²) in [6.45, 7) is 3.64. The first-order chi connectivity index (χ1) is 7.31. The summed E-state index contributed by atoms with van der Waals surface area (Å²) in [6.07, 6.45) is 2.55. The molecule has 0 radical (unpaired) electrons. The summed E-state index contributed by atoms with van der Waals surface area (Å²) >= 11 is 1.69. The average Bonchev–Trinajstić information content (AvgIpc) is 2.59. The molecule has 2 aromatic heterocycles. The van der Waals surface area contributed by atoms with E-state index in [2.05, 4.69) is 28.3 Å². The fraction of sp³-hybridized carbons (Fsp3) is 0.400. The van der Waals surface area contributed by atoms with E-state index in [1.807, 2.05) is 0 Å². The standard InChI is InChI=1S/C10H14N4S/c1-7-5-8-9(12-4-2-3-11)13-6-14-10(8)15-7/h5-6H,2-4,11H2,1H3,(H,12,13,14). The van der Waals surface area contributed by atoms with E-state index in [-0.39, 0.29) is 0 Å². The van der Waals surface area contributed by atoms with Gasteiger partial charge in [0.25, 0.3) is 0 Å². The van der Waals surface area contributed by atoms with Crippen molar-refractivity contribution in [2.45, 2.75) is 13.3 Å². The normalized spacial score (nSPS) is 10.8. The molecular weight excluding hydrogens is 208 g/mol. The Bertz CT molecular complexity index is 452. The SMILES string of the molecule is Cc1cc2c(NCCCN)ncnc2s1. The van der Waals surface area contributed by atoms with Gasteiger partial charge >= 0.3 is 0 Å². The number of aromatic nitrogens is 2. The van der Waals surface area contributed by atoms with Gasteiger partial charge in [0, 0.05) is 11.4 Å². The Hall–Kier alpha value is -1.20. The van der Waals surface area contributed by atoms with Crippen LogP contribution in [0.3, 0.4) is 0 Å². The van der Waals surface area contributed by atoms with Gasteiger partial charge in [-0.1, -0.05) is 0 Å². The van der Waals surface area contributed by atoms with E-state index in [4.69, 9.17) is 5.73 Å². The lowest BCUT2D eigenvalue weighted by molar-refractivity contribution is 0.871. The number of hydrogen-bond acceptors (Lipinski definition) is 5. The number of nitrogens with zero attached hydrogens (tertiary/aromatic N) is 2. The van der Waals surface area contributed by atoms with Crippen LogP contribution in [0.5, 0.6) is 0 Å². The minimum absolute atomic E-state index is 0.698. The van der Waals surface area contributed by atoms with Gasteiger partial charge in [-0.25, -0.2) is 9.97 Å². The van der Waals surface area contributed by atoms with Crippen molar-refractivity contribution >= 4 is 27.4 Å². The summed E-state index contributed by atoms with van der Waals surface area (Å²) < 4.78 is 0. The molecule has 0 amide bonds. The molecule has 0 bridgehead atoms. The molecule has 2 rings (SSSR count). The second-order valence-corrected chi connectivity index (χ2v) is 4.60. The summed E-state index contributed by atoms with van der Waals surface area (Å²) in [7, 11) is 0. The van der Waals surface area contributed by atoms with Crippen molar-refractivity contribution in [3.63, 3.8) is 0 Å². The third-order valence-corrected chi connectivity index (χ3v) is 3.08. The third kappa shape index (κ3) is 2.24. The van der Waals surface area contributed by atoms with Gasteiger partial charge in [-0.2, -0.15) is 0 Å². The van der Waals surface area contributed by atoms with Crippen molar-refractivity contribution in [1.82, 2.24) is 9.97 Å². The molecule has 0 saturated carbocycles. The minimum Gasteiger partial charge on any atom is -0.369 e. The van der Waals surface area contributed by atoms with Crippen LogP contribution in [0.25, 0.3) is 10.2 Å². The minimum atomic E-state index is 0.698. The van der Waals surface area contributed by atoms with Gasteiger partial charge in [0.2, 0.25) is 0 Å². The lowest BCUT2D eigenvalue weighted by Crippen LogP contribution is -2.09. The predicted octanol–water partition coefficient (Wildman–Crippen LogP) is 1.76. The molecule has 0 saturated heterocycles. The van der Waals surface area contributed by atoms with Gasteiger partial charge in [-0.3, -0.25) is 0 Å². The first-order valence-corrected chi connectivity index (χ1v) is 5.78. The van der Waals surface area contributed by atoms with Crippen LogP contribution in [-0.4, -0.2) is 23.1 Å². The molecule has 0 spiro atoms. The molecule has 80 valence electrons. The van der Waals surface area contributed by atoms with Gasteiger partial charge in [0.05, 0.1) is 5.39 Å². The third-order valence-electron chi connectivity index (χ3n) is 2.13. The Morgan fingerprint density at radius 2 is 2.33 bits per heavy atom. The maximum absolute atomic E-state index is 5.44. The van der Waals surface area contributed by atoms with Crippen molar-refractivity contribution in [3.8, 4) is 0 Å². The summed E-state index contributed by atoms with van der Waals surface area (Å²) in [5.41, 5.74) is 5.44.